The lowest BCUT2D eigenvalue weighted by Gasteiger charge is -2.18. The minimum absolute atomic E-state index is 0.208. The Morgan fingerprint density at radius 1 is 1.29 bits per heavy atom. The number of anilines is 1. The summed E-state index contributed by atoms with van der Waals surface area (Å²) < 4.78 is 6.89. The van der Waals surface area contributed by atoms with E-state index in [1.807, 2.05) is 0 Å². The van der Waals surface area contributed by atoms with Crippen molar-refractivity contribution < 1.29 is 19.7 Å². The van der Waals surface area contributed by atoms with E-state index in [1.54, 1.807) is 36.2 Å². The molecule has 3 N–H and O–H groups in total. The van der Waals surface area contributed by atoms with Gasteiger partial charge < -0.3 is 24.8 Å². The summed E-state index contributed by atoms with van der Waals surface area (Å²) in [5.74, 6) is -1.19. The molecule has 10 heteroatoms. The minimum Gasteiger partial charge on any atom is -0.390 e. The van der Waals surface area contributed by atoms with E-state index in [0.717, 1.165) is 0 Å². The molecular formula is C21H20N6O4. The average Bonchev–Trinajstić information content (AvgIpc) is 3.42. The van der Waals surface area contributed by atoms with Gasteiger partial charge in [-0.2, -0.15) is 5.26 Å². The number of nitrogens with zero attached hydrogens (tertiary/aromatic N) is 5. The lowest BCUT2D eigenvalue weighted by molar-refractivity contribution is -0.116. The maximum absolute atomic E-state index is 12.8. The molecule has 2 aromatic heterocycles. The molecule has 1 aliphatic carbocycles. The van der Waals surface area contributed by atoms with Crippen LogP contribution in [0.5, 0.6) is 0 Å². The lowest BCUT2D eigenvalue weighted by Crippen LogP contribution is -2.30. The number of imidazole rings is 1. The highest BCUT2D eigenvalue weighted by Crippen LogP contribution is 2.40. The van der Waals surface area contributed by atoms with Crippen LogP contribution in [-0.4, -0.2) is 61.6 Å². The first-order chi connectivity index (χ1) is 15.0. The summed E-state index contributed by atoms with van der Waals surface area (Å²) in [6, 6.07) is 6.69. The van der Waals surface area contributed by atoms with Gasteiger partial charge >= 0.3 is 0 Å². The zero-order valence-corrected chi connectivity index (χ0v) is 16.6. The standard InChI is InChI=1S/C21H20N6O4/c1-31-7-11-5-14(19(29)18(11)28)27-9-25-17-16(23-8-24-20(17)27)15-12-4-10(6-22)2-3-13(12)26-21(15)30/h2-4,8-9,11,14-15,18-19,28-29H,5,7H2,1H3,(H,26,30)/t11-,14-,15?,18-,19+/m1/s1. The number of hydrogen-bond acceptors (Lipinski definition) is 8. The number of aliphatic hydroxyl groups excluding tert-OH is 2. The number of carbonyl (C=O) groups excluding carboxylic acids is 1. The highest BCUT2D eigenvalue weighted by Gasteiger charge is 2.43. The normalized spacial score (nSPS) is 27.3. The molecule has 2 aliphatic rings. The average molecular weight is 420 g/mol. The second-order valence-corrected chi connectivity index (χ2v) is 7.92. The molecule has 0 bridgehead atoms. The Bertz CT molecular complexity index is 1220. The SMILES string of the molecule is COC[C@H]1C[C@@H](n2cnc3c(C4C(=O)Nc5ccc(C#N)cc54)ncnc32)[C@H](O)[C@@H]1O. The van der Waals surface area contributed by atoms with Gasteiger partial charge in [0.05, 0.1) is 42.4 Å². The maximum atomic E-state index is 12.8. The molecule has 1 aliphatic heterocycles. The molecule has 5 rings (SSSR count). The Morgan fingerprint density at radius 3 is 2.90 bits per heavy atom. The molecule has 1 saturated carbocycles. The predicted molar refractivity (Wildman–Crippen MR) is 108 cm³/mol. The molecule has 1 amide bonds. The van der Waals surface area contributed by atoms with E-state index < -0.39 is 24.2 Å². The third-order valence-electron chi connectivity index (χ3n) is 6.18. The Balaban J connectivity index is 1.58. The highest BCUT2D eigenvalue weighted by atomic mass is 16.5. The largest absolute Gasteiger partial charge is 0.390 e. The molecule has 0 radical (unpaired) electrons. The fourth-order valence-corrected chi connectivity index (χ4v) is 4.68. The van der Waals surface area contributed by atoms with E-state index in [-0.39, 0.29) is 11.8 Å². The minimum atomic E-state index is -0.996. The van der Waals surface area contributed by atoms with Gasteiger partial charge in [-0.1, -0.05) is 0 Å². The van der Waals surface area contributed by atoms with E-state index in [4.69, 9.17) is 4.74 Å². The van der Waals surface area contributed by atoms with Gasteiger partial charge in [-0.15, -0.1) is 0 Å². The molecule has 31 heavy (non-hydrogen) atoms. The fraction of sp³-hybridized carbons (Fsp3) is 0.381. The van der Waals surface area contributed by atoms with Gasteiger partial charge in [0.25, 0.3) is 0 Å². The topological polar surface area (TPSA) is 146 Å². The van der Waals surface area contributed by atoms with Crippen LogP contribution in [0.1, 0.15) is 35.2 Å². The summed E-state index contributed by atoms with van der Waals surface area (Å²) in [5, 5.41) is 33.0. The molecular weight excluding hydrogens is 400 g/mol. The molecule has 158 valence electrons. The maximum Gasteiger partial charge on any atom is 0.238 e. The lowest BCUT2D eigenvalue weighted by atomic mass is 9.95. The molecule has 1 fully saturated rings. The van der Waals surface area contributed by atoms with Gasteiger partial charge in [0.2, 0.25) is 5.91 Å². The summed E-state index contributed by atoms with van der Waals surface area (Å²) in [6.07, 6.45) is 1.50. The Labute approximate surface area is 177 Å². The third-order valence-corrected chi connectivity index (χ3v) is 6.18. The van der Waals surface area contributed by atoms with Gasteiger partial charge in [-0.3, -0.25) is 4.79 Å². The van der Waals surface area contributed by atoms with Crippen molar-refractivity contribution in [3.63, 3.8) is 0 Å². The van der Waals surface area contributed by atoms with E-state index in [0.29, 0.717) is 46.7 Å². The molecule has 3 heterocycles. The molecule has 0 saturated heterocycles. The number of aliphatic hydroxyl groups is 2. The second kappa shape index (κ2) is 7.39. The van der Waals surface area contributed by atoms with Crippen LogP contribution in [0.4, 0.5) is 5.69 Å². The zero-order valence-electron chi connectivity index (χ0n) is 16.6. The van der Waals surface area contributed by atoms with Crippen LogP contribution in [0.2, 0.25) is 0 Å². The fourth-order valence-electron chi connectivity index (χ4n) is 4.68. The molecule has 3 aromatic rings. The number of nitriles is 1. The van der Waals surface area contributed by atoms with Crippen LogP contribution >= 0.6 is 0 Å². The van der Waals surface area contributed by atoms with Crippen LogP contribution in [-0.2, 0) is 9.53 Å². The molecule has 1 aromatic carbocycles. The van der Waals surface area contributed by atoms with Crippen LogP contribution < -0.4 is 5.32 Å². The van der Waals surface area contributed by atoms with E-state index in [9.17, 15) is 20.3 Å². The Kier molecular flexibility index (Phi) is 4.66. The quantitative estimate of drug-likeness (QED) is 0.559. The van der Waals surface area contributed by atoms with Crippen molar-refractivity contribution in [3.8, 4) is 6.07 Å². The Hall–Kier alpha value is -3.39. The van der Waals surface area contributed by atoms with Gasteiger partial charge in [0.15, 0.2) is 5.65 Å². The number of benzene rings is 1. The molecule has 1 unspecified atom stereocenters. The zero-order chi connectivity index (χ0) is 21.7. The van der Waals surface area contributed by atoms with Crippen molar-refractivity contribution in [2.45, 2.75) is 30.6 Å². The van der Waals surface area contributed by atoms with Crippen molar-refractivity contribution >= 4 is 22.8 Å². The van der Waals surface area contributed by atoms with Crippen molar-refractivity contribution in [2.75, 3.05) is 19.0 Å². The predicted octanol–water partition coefficient (Wildman–Crippen LogP) is 0.711. The first-order valence-electron chi connectivity index (χ1n) is 9.91. The summed E-state index contributed by atoms with van der Waals surface area (Å²) >= 11 is 0. The summed E-state index contributed by atoms with van der Waals surface area (Å²) in [6.45, 7) is 0.335. The van der Waals surface area contributed by atoms with Crippen LogP contribution in [0.25, 0.3) is 11.2 Å². The van der Waals surface area contributed by atoms with Crippen molar-refractivity contribution in [2.24, 2.45) is 5.92 Å². The number of fused-ring (bicyclic) bond motifs is 2. The monoisotopic (exact) mass is 420 g/mol. The van der Waals surface area contributed by atoms with Gasteiger partial charge in [0.1, 0.15) is 23.9 Å². The number of hydrogen-bond donors (Lipinski definition) is 3. The Morgan fingerprint density at radius 2 is 2.13 bits per heavy atom. The number of amides is 1. The number of aromatic nitrogens is 4. The first-order valence-corrected chi connectivity index (χ1v) is 9.91. The highest BCUT2D eigenvalue weighted by molar-refractivity contribution is 6.06. The summed E-state index contributed by atoms with van der Waals surface area (Å²) in [7, 11) is 1.56. The number of ether oxygens (including phenoxy) is 1. The second-order valence-electron chi connectivity index (χ2n) is 7.92. The third kappa shape index (κ3) is 2.97. The van der Waals surface area contributed by atoms with Crippen LogP contribution in [0.15, 0.2) is 30.9 Å². The van der Waals surface area contributed by atoms with Crippen molar-refractivity contribution in [1.29, 1.82) is 5.26 Å². The van der Waals surface area contributed by atoms with Gasteiger partial charge in [-0.25, -0.2) is 15.0 Å². The van der Waals surface area contributed by atoms with E-state index >= 15 is 0 Å². The first kappa shape index (κ1) is 19.6. The molecule has 0 spiro atoms. The smallest absolute Gasteiger partial charge is 0.238 e. The van der Waals surface area contributed by atoms with Crippen molar-refractivity contribution in [1.82, 2.24) is 19.5 Å². The van der Waals surface area contributed by atoms with Crippen LogP contribution in [0.3, 0.4) is 0 Å². The molecule has 10 nitrogen and oxygen atoms in total. The van der Waals surface area contributed by atoms with E-state index in [2.05, 4.69) is 26.3 Å². The van der Waals surface area contributed by atoms with Crippen LogP contribution in [0, 0.1) is 17.2 Å². The molecule has 5 atom stereocenters. The number of methoxy groups -OCH3 is 1. The van der Waals surface area contributed by atoms with Gasteiger partial charge in [-0.05, 0) is 30.2 Å². The van der Waals surface area contributed by atoms with Crippen molar-refractivity contribution in [3.05, 3.63) is 47.7 Å². The number of rotatable bonds is 4. The summed E-state index contributed by atoms with van der Waals surface area (Å²) in [4.78, 5) is 25.9. The number of nitrogens with one attached hydrogen (secondary N) is 1. The van der Waals surface area contributed by atoms with Gasteiger partial charge in [0, 0.05) is 18.7 Å². The van der Waals surface area contributed by atoms with E-state index in [1.165, 1.54) is 6.33 Å². The summed E-state index contributed by atoms with van der Waals surface area (Å²) in [5.41, 5.74) is 3.08. The number of carbonyl (C=O) groups is 1.